The Labute approximate surface area is 222 Å². The van der Waals surface area contributed by atoms with E-state index in [1.807, 2.05) is 71.7 Å². The van der Waals surface area contributed by atoms with Crippen LogP contribution in [0.1, 0.15) is 84.0 Å². The Kier molecular flexibility index (Phi) is 12.4. The van der Waals surface area contributed by atoms with Crippen LogP contribution in [0.2, 0.25) is 0 Å². The number of carbonyl (C=O) groups is 2. The van der Waals surface area contributed by atoms with E-state index in [1.165, 1.54) is 0 Å². The number of aliphatic hydroxyl groups excluding tert-OH is 1. The maximum Gasteiger partial charge on any atom is 0.238 e. The summed E-state index contributed by atoms with van der Waals surface area (Å²) in [7, 11) is 0. The summed E-state index contributed by atoms with van der Waals surface area (Å²) >= 11 is 0. The predicted octanol–water partition coefficient (Wildman–Crippen LogP) is 7.29. The highest BCUT2D eigenvalue weighted by Gasteiger charge is 2.32. The van der Waals surface area contributed by atoms with Gasteiger partial charge in [-0.1, -0.05) is 94.0 Å². The third-order valence-electron chi connectivity index (χ3n) is 7.27. The van der Waals surface area contributed by atoms with Crippen LogP contribution < -0.4 is 10.4 Å². The van der Waals surface area contributed by atoms with Crippen LogP contribution in [0.5, 0.6) is 0 Å². The molecule has 0 aliphatic heterocycles. The molecule has 0 spiro atoms. The molecule has 1 aliphatic carbocycles. The molecule has 37 heavy (non-hydrogen) atoms. The maximum absolute atomic E-state index is 12.7. The van der Waals surface area contributed by atoms with Crippen molar-refractivity contribution in [1.82, 2.24) is 5.43 Å². The van der Waals surface area contributed by atoms with E-state index < -0.39 is 6.10 Å². The third kappa shape index (κ3) is 9.81. The van der Waals surface area contributed by atoms with E-state index >= 15 is 0 Å². The molecule has 1 fully saturated rings. The van der Waals surface area contributed by atoms with Gasteiger partial charge >= 0.3 is 0 Å². The Morgan fingerprint density at radius 3 is 2.27 bits per heavy atom. The Balaban J connectivity index is 1.37. The number of aliphatic hydroxyl groups is 1. The Morgan fingerprint density at radius 1 is 0.973 bits per heavy atom. The van der Waals surface area contributed by atoms with Crippen LogP contribution >= 0.6 is 0 Å². The fraction of sp³-hybridized carbons (Fsp3) is 0.500. The molecule has 5 heteroatoms. The number of nitrogens with zero attached hydrogens (tertiary/aromatic N) is 1. The number of rotatable bonds is 16. The SMILES string of the molecule is CCCCC[C@@H](O)/C=C/[C@H]1CCC(=O)[C@@H]1CCCCCCC(=O)NN(c1ccccc1)c1ccccc1. The summed E-state index contributed by atoms with van der Waals surface area (Å²) in [6.07, 6.45) is 14.5. The molecule has 0 radical (unpaired) electrons. The molecule has 0 unspecified atom stereocenters. The largest absolute Gasteiger partial charge is 0.389 e. The molecule has 1 aliphatic rings. The van der Waals surface area contributed by atoms with Crippen molar-refractivity contribution in [3.63, 3.8) is 0 Å². The lowest BCUT2D eigenvalue weighted by Gasteiger charge is -2.25. The van der Waals surface area contributed by atoms with Crippen molar-refractivity contribution in [2.24, 2.45) is 11.8 Å². The van der Waals surface area contributed by atoms with Crippen LogP contribution in [0.25, 0.3) is 0 Å². The molecular formula is C32H44N2O3. The number of hydrogen-bond donors (Lipinski definition) is 2. The standard InChI is InChI=1S/C32H44N2O3/c1-2-3-8-19-29(35)24-22-26-23-25-31(36)30(26)20-13-4-5-14-21-32(37)33-34(27-15-9-6-10-16-27)28-17-11-7-12-18-28/h6-7,9-12,15-18,22,24,26,29-30,35H,2-5,8,13-14,19-21,23,25H2,1H3,(H,33,37)/b24-22+/t26-,29+,30+/m0/s1. The molecule has 1 amide bonds. The number of carbonyl (C=O) groups excluding carboxylic acids is 2. The zero-order valence-corrected chi connectivity index (χ0v) is 22.4. The lowest BCUT2D eigenvalue weighted by molar-refractivity contribution is -0.121. The van der Waals surface area contributed by atoms with E-state index in [-0.39, 0.29) is 17.7 Å². The first kappa shape index (κ1) is 28.6. The van der Waals surface area contributed by atoms with Gasteiger partial charge < -0.3 is 5.11 Å². The minimum Gasteiger partial charge on any atom is -0.389 e. The van der Waals surface area contributed by atoms with Gasteiger partial charge in [0, 0.05) is 18.8 Å². The van der Waals surface area contributed by atoms with Gasteiger partial charge in [0.1, 0.15) is 5.78 Å². The van der Waals surface area contributed by atoms with E-state index in [4.69, 9.17) is 0 Å². The number of Topliss-reactive ketones (excluding diaryl/α,β-unsaturated/α-hetero) is 1. The zero-order chi connectivity index (χ0) is 26.3. The van der Waals surface area contributed by atoms with Crippen molar-refractivity contribution in [2.45, 2.75) is 90.1 Å². The van der Waals surface area contributed by atoms with Crippen molar-refractivity contribution >= 4 is 23.1 Å². The summed E-state index contributed by atoms with van der Waals surface area (Å²) in [6.45, 7) is 2.16. The minimum atomic E-state index is -0.395. The molecule has 3 rings (SSSR count). The number of nitrogens with one attached hydrogen (secondary N) is 1. The van der Waals surface area contributed by atoms with Gasteiger partial charge in [0.2, 0.25) is 5.91 Å². The molecule has 0 aromatic heterocycles. The van der Waals surface area contributed by atoms with Gasteiger partial charge in [0.25, 0.3) is 0 Å². The second kappa shape index (κ2) is 16.0. The molecule has 2 N–H and O–H groups in total. The zero-order valence-electron chi connectivity index (χ0n) is 22.4. The number of unbranched alkanes of at least 4 members (excludes halogenated alkanes) is 5. The summed E-state index contributed by atoms with van der Waals surface area (Å²) in [4.78, 5) is 25.1. The number of hydrazine groups is 1. The Hall–Kier alpha value is -2.92. The topological polar surface area (TPSA) is 69.6 Å². The molecule has 0 bridgehead atoms. The Bertz CT molecular complexity index is 921. The van der Waals surface area contributed by atoms with Gasteiger partial charge in [-0.25, -0.2) is 0 Å². The van der Waals surface area contributed by atoms with Crippen LogP contribution in [0.3, 0.4) is 0 Å². The quantitative estimate of drug-likeness (QED) is 0.143. The van der Waals surface area contributed by atoms with Crippen LogP contribution in [0, 0.1) is 11.8 Å². The number of benzene rings is 2. The first-order valence-electron chi connectivity index (χ1n) is 14.2. The lowest BCUT2D eigenvalue weighted by atomic mass is 9.89. The lowest BCUT2D eigenvalue weighted by Crippen LogP contribution is -2.38. The average Bonchev–Trinajstić information content (AvgIpc) is 3.28. The summed E-state index contributed by atoms with van der Waals surface area (Å²) in [5.41, 5.74) is 4.89. The third-order valence-corrected chi connectivity index (χ3v) is 7.27. The number of anilines is 2. The average molecular weight is 505 g/mol. The van der Waals surface area contributed by atoms with Gasteiger partial charge in [-0.15, -0.1) is 0 Å². The second-order valence-corrected chi connectivity index (χ2v) is 10.2. The summed E-state index contributed by atoms with van der Waals surface area (Å²) < 4.78 is 0. The van der Waals surface area contributed by atoms with Crippen LogP contribution in [-0.4, -0.2) is 22.9 Å². The molecule has 2 aromatic rings. The molecule has 1 saturated carbocycles. The molecular weight excluding hydrogens is 460 g/mol. The van der Waals surface area contributed by atoms with E-state index in [0.29, 0.717) is 18.6 Å². The first-order chi connectivity index (χ1) is 18.1. The fourth-order valence-corrected chi connectivity index (χ4v) is 5.13. The monoisotopic (exact) mass is 504 g/mol. The maximum atomic E-state index is 12.7. The highest BCUT2D eigenvalue weighted by molar-refractivity contribution is 5.83. The summed E-state index contributed by atoms with van der Waals surface area (Å²) in [5.74, 6) is 0.728. The van der Waals surface area contributed by atoms with Crippen LogP contribution in [-0.2, 0) is 9.59 Å². The van der Waals surface area contributed by atoms with Gasteiger partial charge in [-0.2, -0.15) is 0 Å². The summed E-state index contributed by atoms with van der Waals surface area (Å²) in [5, 5.41) is 12.0. The molecule has 2 aromatic carbocycles. The van der Waals surface area contributed by atoms with Gasteiger partial charge in [0.05, 0.1) is 17.5 Å². The minimum absolute atomic E-state index is 0.00127. The van der Waals surface area contributed by atoms with Crippen molar-refractivity contribution in [1.29, 1.82) is 0 Å². The van der Waals surface area contributed by atoms with E-state index in [9.17, 15) is 14.7 Å². The molecule has 0 saturated heterocycles. The van der Waals surface area contributed by atoms with Crippen molar-refractivity contribution in [3.05, 3.63) is 72.8 Å². The number of allylic oxidation sites excluding steroid dienone is 1. The second-order valence-electron chi connectivity index (χ2n) is 10.2. The molecule has 5 nitrogen and oxygen atoms in total. The van der Waals surface area contributed by atoms with Crippen molar-refractivity contribution < 1.29 is 14.7 Å². The number of amides is 1. The van der Waals surface area contributed by atoms with Gasteiger partial charge in [-0.05, 0) is 55.9 Å². The van der Waals surface area contributed by atoms with Crippen LogP contribution in [0.4, 0.5) is 11.4 Å². The van der Waals surface area contributed by atoms with E-state index in [1.54, 1.807) is 0 Å². The normalized spacial score (nSPS) is 18.3. The van der Waals surface area contributed by atoms with Crippen LogP contribution in [0.15, 0.2) is 72.8 Å². The molecule has 200 valence electrons. The van der Waals surface area contributed by atoms with Gasteiger partial charge in [-0.3, -0.25) is 20.0 Å². The summed E-state index contributed by atoms with van der Waals surface area (Å²) in [6, 6.07) is 19.7. The highest BCUT2D eigenvalue weighted by Crippen LogP contribution is 2.34. The Morgan fingerprint density at radius 2 is 1.62 bits per heavy atom. The smallest absolute Gasteiger partial charge is 0.238 e. The van der Waals surface area contributed by atoms with Gasteiger partial charge in [0.15, 0.2) is 0 Å². The van der Waals surface area contributed by atoms with E-state index in [2.05, 4.69) is 18.4 Å². The van der Waals surface area contributed by atoms with Crippen molar-refractivity contribution in [3.8, 4) is 0 Å². The number of para-hydroxylation sites is 2. The highest BCUT2D eigenvalue weighted by atomic mass is 16.3. The first-order valence-corrected chi connectivity index (χ1v) is 14.2. The molecule has 0 heterocycles. The number of hydrogen-bond acceptors (Lipinski definition) is 4. The number of ketones is 1. The predicted molar refractivity (Wildman–Crippen MR) is 151 cm³/mol. The fourth-order valence-electron chi connectivity index (χ4n) is 5.13. The van der Waals surface area contributed by atoms with Crippen molar-refractivity contribution in [2.75, 3.05) is 5.01 Å². The molecule has 3 atom stereocenters. The van der Waals surface area contributed by atoms with E-state index in [0.717, 1.165) is 75.6 Å².